The second-order valence-electron chi connectivity index (χ2n) is 2.05. The fourth-order valence-corrected chi connectivity index (χ4v) is 0.272. The van der Waals surface area contributed by atoms with Crippen molar-refractivity contribution in [2.45, 2.75) is 13.8 Å². The first-order chi connectivity index (χ1) is 4.95. The van der Waals surface area contributed by atoms with E-state index in [1.807, 2.05) is 0 Å². The summed E-state index contributed by atoms with van der Waals surface area (Å²) in [5.74, 6) is -1.92. The molecule has 0 spiro atoms. The van der Waals surface area contributed by atoms with Crippen molar-refractivity contribution < 1.29 is 19.7 Å². The predicted molar refractivity (Wildman–Crippen MR) is 38.9 cm³/mol. The summed E-state index contributed by atoms with van der Waals surface area (Å²) in [6.07, 6.45) is 0. The number of rotatable bonds is 2. The maximum absolute atomic E-state index is 10.7. The van der Waals surface area contributed by atoms with Crippen LogP contribution in [-0.4, -0.2) is 16.2 Å². The monoisotopic (exact) mass is 158 g/mol. The van der Waals surface area contributed by atoms with E-state index in [9.17, 15) is 4.79 Å². The topological polar surface area (TPSA) is 66.8 Å². The van der Waals surface area contributed by atoms with Crippen molar-refractivity contribution in [2.24, 2.45) is 0 Å². The normalized spacial score (nSPS) is 8.55. The lowest BCUT2D eigenvalue weighted by molar-refractivity contribution is -0.135. The van der Waals surface area contributed by atoms with Crippen LogP contribution in [0.5, 0.6) is 0 Å². The lowest BCUT2D eigenvalue weighted by atomic mass is 10.4. The van der Waals surface area contributed by atoms with Crippen molar-refractivity contribution in [1.82, 2.24) is 0 Å². The van der Waals surface area contributed by atoms with Crippen LogP contribution in [-0.2, 0) is 9.53 Å². The molecule has 2 N–H and O–H groups in total. The van der Waals surface area contributed by atoms with Crippen molar-refractivity contribution in [3.8, 4) is 0 Å². The van der Waals surface area contributed by atoms with Crippen molar-refractivity contribution >= 4 is 5.97 Å². The molecule has 4 heteroatoms. The number of esters is 1. The number of hydrogen-bond donors (Lipinski definition) is 2. The van der Waals surface area contributed by atoms with E-state index in [-0.39, 0.29) is 11.3 Å². The Kier molecular flexibility index (Phi) is 3.17. The van der Waals surface area contributed by atoms with Crippen molar-refractivity contribution in [3.05, 3.63) is 23.9 Å². The Morgan fingerprint density at radius 2 is 1.82 bits per heavy atom. The van der Waals surface area contributed by atoms with E-state index in [1.54, 1.807) is 0 Å². The van der Waals surface area contributed by atoms with Crippen LogP contribution in [0.1, 0.15) is 13.8 Å². The van der Waals surface area contributed by atoms with Crippen LogP contribution in [0.15, 0.2) is 23.9 Å². The van der Waals surface area contributed by atoms with E-state index in [0.29, 0.717) is 0 Å². The van der Waals surface area contributed by atoms with Crippen LogP contribution in [0.2, 0.25) is 0 Å². The van der Waals surface area contributed by atoms with Crippen LogP contribution in [0, 0.1) is 0 Å². The number of ether oxygens (including phenoxy) is 1. The van der Waals surface area contributed by atoms with E-state index in [0.717, 1.165) is 0 Å². The molecule has 0 bridgehead atoms. The first kappa shape index (κ1) is 9.55. The first-order valence-corrected chi connectivity index (χ1v) is 2.91. The first-order valence-electron chi connectivity index (χ1n) is 2.91. The van der Waals surface area contributed by atoms with Gasteiger partial charge >= 0.3 is 11.9 Å². The van der Waals surface area contributed by atoms with Gasteiger partial charge in [0.15, 0.2) is 5.76 Å². The Morgan fingerprint density at radius 3 is 2.09 bits per heavy atom. The molecule has 0 radical (unpaired) electrons. The molecule has 0 rings (SSSR count). The van der Waals surface area contributed by atoms with Gasteiger partial charge in [0.25, 0.3) is 0 Å². The van der Waals surface area contributed by atoms with Gasteiger partial charge in [0.05, 0.1) is 0 Å². The zero-order chi connectivity index (χ0) is 9.02. The highest BCUT2D eigenvalue weighted by atomic mass is 16.6. The summed E-state index contributed by atoms with van der Waals surface area (Å²) >= 11 is 0. The summed E-state index contributed by atoms with van der Waals surface area (Å²) in [6.45, 7) is 6.03. The van der Waals surface area contributed by atoms with Crippen molar-refractivity contribution in [2.75, 3.05) is 0 Å². The van der Waals surface area contributed by atoms with E-state index in [1.165, 1.54) is 13.8 Å². The number of carbonyl (C=O) groups excluding carboxylic acids is 1. The Balaban J connectivity index is 4.18. The van der Waals surface area contributed by atoms with Crippen LogP contribution in [0.25, 0.3) is 0 Å². The third kappa shape index (κ3) is 3.30. The summed E-state index contributed by atoms with van der Waals surface area (Å²) in [5.41, 5.74) is 0.200. The van der Waals surface area contributed by atoms with Crippen LogP contribution < -0.4 is 0 Å². The molecule has 4 nitrogen and oxygen atoms in total. The van der Waals surface area contributed by atoms with E-state index in [4.69, 9.17) is 10.2 Å². The third-order valence-electron chi connectivity index (χ3n) is 0.909. The summed E-state index contributed by atoms with van der Waals surface area (Å²) < 4.78 is 4.41. The molecule has 11 heavy (non-hydrogen) atoms. The fourth-order valence-electron chi connectivity index (χ4n) is 0.272. The molecule has 0 aromatic heterocycles. The minimum Gasteiger partial charge on any atom is -0.479 e. The molecule has 0 atom stereocenters. The Labute approximate surface area is 64.4 Å². The van der Waals surface area contributed by atoms with E-state index in [2.05, 4.69) is 11.3 Å². The molecule has 0 aliphatic heterocycles. The summed E-state index contributed by atoms with van der Waals surface area (Å²) in [5, 5.41) is 16.8. The molecule has 0 saturated carbocycles. The Hall–Kier alpha value is -1.45. The fraction of sp³-hybridized carbons (Fsp3) is 0.286. The Morgan fingerprint density at radius 1 is 1.36 bits per heavy atom. The molecule has 0 aliphatic rings. The number of aliphatic hydroxyl groups is 2. The van der Waals surface area contributed by atoms with Crippen LogP contribution in [0.3, 0.4) is 0 Å². The van der Waals surface area contributed by atoms with E-state index < -0.39 is 11.9 Å². The number of aliphatic hydroxyl groups excluding tert-OH is 1. The molecule has 62 valence electrons. The molecule has 0 amide bonds. The largest absolute Gasteiger partial charge is 0.479 e. The molecule has 0 saturated heterocycles. The molecule has 0 aromatic rings. The molecule has 0 unspecified atom stereocenters. The predicted octanol–water partition coefficient (Wildman–Crippen LogP) is 1.41. The maximum atomic E-state index is 10.7. The minimum absolute atomic E-state index is 0.200. The van der Waals surface area contributed by atoms with Crippen LogP contribution in [0.4, 0.5) is 0 Å². The molecular formula is C7H10O4. The van der Waals surface area contributed by atoms with Gasteiger partial charge in [-0.15, -0.1) is 0 Å². The van der Waals surface area contributed by atoms with Gasteiger partial charge in [0.1, 0.15) is 0 Å². The Bertz CT molecular complexity index is 210. The molecule has 0 heterocycles. The van der Waals surface area contributed by atoms with Crippen LogP contribution >= 0.6 is 0 Å². The van der Waals surface area contributed by atoms with Gasteiger partial charge in [0, 0.05) is 12.5 Å². The second-order valence-corrected chi connectivity index (χ2v) is 2.05. The quantitative estimate of drug-likeness (QED) is 0.362. The van der Waals surface area contributed by atoms with Crippen molar-refractivity contribution in [1.29, 1.82) is 0 Å². The highest BCUT2D eigenvalue weighted by molar-refractivity contribution is 5.87. The number of carbonyl (C=O) groups is 1. The zero-order valence-electron chi connectivity index (χ0n) is 6.42. The van der Waals surface area contributed by atoms with Gasteiger partial charge in [-0.1, -0.05) is 6.58 Å². The molecule has 0 fully saturated rings. The SMILES string of the molecule is C=C(C)C(=O)OC(C)=C(O)O. The number of allylic oxidation sites excluding steroid dienone is 1. The van der Waals surface area contributed by atoms with Gasteiger partial charge in [-0.2, -0.15) is 0 Å². The van der Waals surface area contributed by atoms with Crippen molar-refractivity contribution in [3.63, 3.8) is 0 Å². The summed E-state index contributed by atoms with van der Waals surface area (Å²) in [4.78, 5) is 10.7. The van der Waals surface area contributed by atoms with E-state index >= 15 is 0 Å². The third-order valence-corrected chi connectivity index (χ3v) is 0.909. The zero-order valence-corrected chi connectivity index (χ0v) is 6.42. The minimum atomic E-state index is -1.00. The smallest absolute Gasteiger partial charge is 0.338 e. The molecule has 0 aliphatic carbocycles. The van der Waals surface area contributed by atoms with Gasteiger partial charge in [-0.25, -0.2) is 4.79 Å². The highest BCUT2D eigenvalue weighted by Crippen LogP contribution is 2.03. The van der Waals surface area contributed by atoms with Gasteiger partial charge in [-0.3, -0.25) is 0 Å². The summed E-state index contributed by atoms with van der Waals surface area (Å²) in [7, 11) is 0. The average molecular weight is 158 g/mol. The molecular weight excluding hydrogens is 148 g/mol. The van der Waals surface area contributed by atoms with Gasteiger partial charge in [-0.05, 0) is 6.92 Å². The lowest BCUT2D eigenvalue weighted by Crippen LogP contribution is -2.04. The lowest BCUT2D eigenvalue weighted by Gasteiger charge is -2.01. The standard InChI is InChI=1S/C7H10O4/c1-4(2)7(10)11-5(3)6(8)9/h8-9H,1H2,2-3H3. The molecule has 0 aromatic carbocycles. The maximum Gasteiger partial charge on any atom is 0.338 e. The van der Waals surface area contributed by atoms with Gasteiger partial charge in [0.2, 0.25) is 0 Å². The average Bonchev–Trinajstić information content (AvgIpc) is 1.87. The highest BCUT2D eigenvalue weighted by Gasteiger charge is 2.07. The summed E-state index contributed by atoms with van der Waals surface area (Å²) in [6, 6.07) is 0. The van der Waals surface area contributed by atoms with Gasteiger partial charge < -0.3 is 14.9 Å². The number of hydrogen-bond acceptors (Lipinski definition) is 4. The second kappa shape index (κ2) is 3.65.